The molecule has 3 N–H and O–H groups in total. The quantitative estimate of drug-likeness (QED) is 0.429. The topological polar surface area (TPSA) is 74.5 Å². The van der Waals surface area contributed by atoms with Crippen LogP contribution in [0.4, 0.5) is 19.0 Å². The lowest BCUT2D eigenvalue weighted by molar-refractivity contribution is -0.122. The first kappa shape index (κ1) is 28.3. The van der Waals surface area contributed by atoms with E-state index < -0.39 is 18.0 Å². The second kappa shape index (κ2) is 13.3. The molecule has 10 heteroatoms. The highest BCUT2D eigenvalue weighted by molar-refractivity contribution is 6.32. The van der Waals surface area contributed by atoms with E-state index in [-0.39, 0.29) is 17.6 Å². The molecule has 1 aromatic rings. The number of hydrogen-bond acceptors (Lipinski definition) is 5. The minimum absolute atomic E-state index is 0.0294. The average Bonchev–Trinajstić information content (AvgIpc) is 2.85. The highest BCUT2D eigenvalue weighted by Crippen LogP contribution is 2.26. The summed E-state index contributed by atoms with van der Waals surface area (Å²) in [5.74, 6) is 4.94. The first-order chi connectivity index (χ1) is 17.6. The Morgan fingerprint density at radius 1 is 1.30 bits per heavy atom. The SMILES string of the molecule is CN1CCN(C/C=C/C=C(\C=C\C(F)(F)F)NC(=O)C2C=C(C#Cc3cccnc3N)C(Cl)=CC2)CC1. The maximum absolute atomic E-state index is 12.9. The molecule has 2 heterocycles. The minimum atomic E-state index is -4.51. The molecule has 3 rings (SSSR count). The van der Waals surface area contributed by atoms with E-state index in [1.54, 1.807) is 36.6 Å². The monoisotopic (exact) mass is 531 g/mol. The first-order valence-electron chi connectivity index (χ1n) is 11.8. The van der Waals surface area contributed by atoms with Gasteiger partial charge in [0.25, 0.3) is 0 Å². The third kappa shape index (κ3) is 9.57. The molecule has 1 aromatic heterocycles. The molecule has 2 aliphatic rings. The van der Waals surface area contributed by atoms with Gasteiger partial charge in [0.05, 0.1) is 16.5 Å². The number of aromatic nitrogens is 1. The number of nitrogen functional groups attached to an aromatic ring is 1. The van der Waals surface area contributed by atoms with Gasteiger partial charge in [0.15, 0.2) is 0 Å². The number of pyridine rings is 1. The number of carbonyl (C=O) groups excluding carboxylic acids is 1. The van der Waals surface area contributed by atoms with E-state index in [1.165, 1.54) is 6.08 Å². The van der Waals surface area contributed by atoms with E-state index in [9.17, 15) is 18.0 Å². The maximum Gasteiger partial charge on any atom is 0.409 e. The summed E-state index contributed by atoms with van der Waals surface area (Å²) in [6.07, 6.45) is 6.50. The van der Waals surface area contributed by atoms with Gasteiger partial charge in [-0.1, -0.05) is 47.7 Å². The number of likely N-dealkylation sites (N-methyl/N-ethyl adjacent to an activating group) is 1. The fourth-order valence-electron chi connectivity index (χ4n) is 3.60. The van der Waals surface area contributed by atoms with Crippen LogP contribution in [0.5, 0.6) is 0 Å². The van der Waals surface area contributed by atoms with Gasteiger partial charge in [-0.05, 0) is 37.8 Å². The lowest BCUT2D eigenvalue weighted by atomic mass is 9.95. The van der Waals surface area contributed by atoms with Gasteiger partial charge in [0.2, 0.25) is 5.91 Å². The normalized spacial score (nSPS) is 19.9. The Balaban J connectivity index is 1.70. The average molecular weight is 532 g/mol. The van der Waals surface area contributed by atoms with E-state index >= 15 is 0 Å². The summed E-state index contributed by atoms with van der Waals surface area (Å²) in [6, 6.07) is 3.41. The molecule has 1 unspecified atom stereocenters. The molecule has 196 valence electrons. The van der Waals surface area contributed by atoms with E-state index in [4.69, 9.17) is 17.3 Å². The van der Waals surface area contributed by atoms with E-state index in [1.807, 2.05) is 6.08 Å². The third-order valence-electron chi connectivity index (χ3n) is 5.77. The molecule has 0 radical (unpaired) electrons. The summed E-state index contributed by atoms with van der Waals surface area (Å²) in [5, 5.41) is 2.98. The van der Waals surface area contributed by atoms with Gasteiger partial charge in [-0.25, -0.2) is 4.98 Å². The molecule has 0 aromatic carbocycles. The number of rotatable bonds is 6. The lowest BCUT2D eigenvalue weighted by Crippen LogP contribution is -2.44. The molecular weight excluding hydrogens is 503 g/mol. The summed E-state index contributed by atoms with van der Waals surface area (Å²) in [6.45, 7) is 4.45. The Labute approximate surface area is 220 Å². The predicted molar refractivity (Wildman–Crippen MR) is 140 cm³/mol. The fraction of sp³-hybridized carbons (Fsp3) is 0.333. The van der Waals surface area contributed by atoms with Gasteiger partial charge in [0, 0.05) is 56.3 Å². The standard InChI is InChI=1S/C27H29ClF3N5O/c1-35-15-17-36(18-16-35)14-3-2-6-23(11-12-27(29,30)31)34-26(37)22-9-10-24(28)21(19-22)8-7-20-5-4-13-33-25(20)32/h2-6,10-13,19,22H,9,14-18H2,1H3,(H2,32,33)(H,34,37)/b3-2+,12-11+,23-6+. The van der Waals surface area contributed by atoms with Gasteiger partial charge in [0.1, 0.15) is 5.82 Å². The van der Waals surface area contributed by atoms with Crippen LogP contribution in [-0.2, 0) is 4.79 Å². The van der Waals surface area contributed by atoms with Crippen LogP contribution in [-0.4, -0.2) is 66.6 Å². The maximum atomic E-state index is 12.9. The zero-order chi connectivity index (χ0) is 26.8. The van der Waals surface area contributed by atoms with Gasteiger partial charge in [-0.15, -0.1) is 0 Å². The van der Waals surface area contributed by atoms with Crippen molar-refractivity contribution < 1.29 is 18.0 Å². The van der Waals surface area contributed by atoms with Crippen molar-refractivity contribution in [3.63, 3.8) is 0 Å². The molecule has 1 aliphatic carbocycles. The number of amides is 1. The second-order valence-corrected chi connectivity index (χ2v) is 9.09. The molecule has 0 spiro atoms. The molecule has 1 saturated heterocycles. The van der Waals surface area contributed by atoms with Gasteiger partial charge in [-0.3, -0.25) is 9.69 Å². The molecule has 0 saturated carbocycles. The number of piperazine rings is 1. The summed E-state index contributed by atoms with van der Waals surface area (Å²) >= 11 is 6.27. The van der Waals surface area contributed by atoms with Gasteiger partial charge in [-0.2, -0.15) is 13.2 Å². The van der Waals surface area contributed by atoms with Crippen molar-refractivity contribution in [1.82, 2.24) is 20.1 Å². The summed E-state index contributed by atoms with van der Waals surface area (Å²) in [7, 11) is 2.06. The Morgan fingerprint density at radius 3 is 2.76 bits per heavy atom. The molecule has 1 amide bonds. The fourth-order valence-corrected chi connectivity index (χ4v) is 3.80. The van der Waals surface area contributed by atoms with Crippen molar-refractivity contribution in [2.24, 2.45) is 5.92 Å². The largest absolute Gasteiger partial charge is 0.409 e. The van der Waals surface area contributed by atoms with Crippen LogP contribution in [0.3, 0.4) is 0 Å². The predicted octanol–water partition coefficient (Wildman–Crippen LogP) is 4.01. The number of nitrogens with two attached hydrogens (primary N) is 1. The van der Waals surface area contributed by atoms with E-state index in [0.29, 0.717) is 29.1 Å². The summed E-state index contributed by atoms with van der Waals surface area (Å²) in [5.41, 5.74) is 6.79. The molecule has 1 aliphatic heterocycles. The third-order valence-corrected chi connectivity index (χ3v) is 6.13. The van der Waals surface area contributed by atoms with E-state index in [0.717, 1.165) is 32.3 Å². The zero-order valence-corrected chi connectivity index (χ0v) is 21.2. The van der Waals surface area contributed by atoms with Crippen LogP contribution >= 0.6 is 11.6 Å². The second-order valence-electron chi connectivity index (χ2n) is 8.68. The number of nitrogens with one attached hydrogen (secondary N) is 1. The van der Waals surface area contributed by atoms with Crippen molar-refractivity contribution in [2.75, 3.05) is 45.5 Å². The van der Waals surface area contributed by atoms with Gasteiger partial charge >= 0.3 is 6.18 Å². The van der Waals surface area contributed by atoms with Crippen LogP contribution < -0.4 is 11.1 Å². The Bertz CT molecular complexity index is 1180. The molecule has 6 nitrogen and oxygen atoms in total. The van der Waals surface area contributed by atoms with Gasteiger partial charge < -0.3 is 16.0 Å². The van der Waals surface area contributed by atoms with Crippen LogP contribution in [0.25, 0.3) is 0 Å². The summed E-state index contributed by atoms with van der Waals surface area (Å²) in [4.78, 5) is 21.4. The lowest BCUT2D eigenvalue weighted by Gasteiger charge is -2.31. The number of nitrogens with zero attached hydrogens (tertiary/aromatic N) is 3. The van der Waals surface area contributed by atoms with Crippen LogP contribution in [0.2, 0.25) is 0 Å². The van der Waals surface area contributed by atoms with Crippen LogP contribution in [0.15, 0.2) is 77.2 Å². The number of carbonyl (C=O) groups is 1. The van der Waals surface area contributed by atoms with E-state index in [2.05, 4.69) is 39.0 Å². The minimum Gasteiger partial charge on any atom is -0.383 e. The number of allylic oxidation sites excluding steroid dienone is 7. The Morgan fingerprint density at radius 2 is 2.05 bits per heavy atom. The van der Waals surface area contributed by atoms with Crippen LogP contribution in [0.1, 0.15) is 12.0 Å². The van der Waals surface area contributed by atoms with Crippen molar-refractivity contribution in [3.8, 4) is 11.8 Å². The van der Waals surface area contributed by atoms with Crippen molar-refractivity contribution in [3.05, 3.63) is 82.7 Å². The Kier molecular flexibility index (Phi) is 10.1. The first-order valence-corrected chi connectivity index (χ1v) is 12.1. The smallest absolute Gasteiger partial charge is 0.383 e. The molecular formula is C27H29ClF3N5O. The number of halogens is 4. The molecule has 37 heavy (non-hydrogen) atoms. The van der Waals surface area contributed by atoms with Crippen molar-refractivity contribution >= 4 is 23.3 Å². The highest BCUT2D eigenvalue weighted by atomic mass is 35.5. The number of anilines is 1. The molecule has 1 fully saturated rings. The van der Waals surface area contributed by atoms with Crippen molar-refractivity contribution in [1.29, 1.82) is 0 Å². The van der Waals surface area contributed by atoms with Crippen molar-refractivity contribution in [2.45, 2.75) is 12.6 Å². The zero-order valence-electron chi connectivity index (χ0n) is 20.4. The molecule has 1 atom stereocenters. The highest BCUT2D eigenvalue weighted by Gasteiger charge is 2.24. The number of alkyl halides is 3. The van der Waals surface area contributed by atoms with Crippen LogP contribution in [0, 0.1) is 17.8 Å². The Hall–Kier alpha value is -3.32. The molecule has 0 bridgehead atoms. The summed E-state index contributed by atoms with van der Waals surface area (Å²) < 4.78 is 38.4. The number of hydrogen-bond donors (Lipinski definition) is 2.